The van der Waals surface area contributed by atoms with E-state index in [0.717, 1.165) is 26.0 Å². The molecule has 2 heterocycles. The van der Waals surface area contributed by atoms with E-state index in [-0.39, 0.29) is 0 Å². The molecule has 0 bridgehead atoms. The monoisotopic (exact) mass is 388 g/mol. The summed E-state index contributed by atoms with van der Waals surface area (Å²) in [6.45, 7) is 4.23. The van der Waals surface area contributed by atoms with E-state index in [9.17, 15) is 5.26 Å². The Morgan fingerprint density at radius 2 is 2.00 bits per heavy atom. The summed E-state index contributed by atoms with van der Waals surface area (Å²) in [4.78, 5) is 4.48. The van der Waals surface area contributed by atoms with E-state index in [1.54, 1.807) is 16.9 Å². The predicted octanol–water partition coefficient (Wildman–Crippen LogP) is 4.02. The van der Waals surface area contributed by atoms with Crippen molar-refractivity contribution in [3.05, 3.63) is 51.4 Å². The lowest BCUT2D eigenvalue weighted by atomic mass is 10.1. The lowest BCUT2D eigenvalue weighted by Crippen LogP contribution is -2.01. The van der Waals surface area contributed by atoms with Crippen molar-refractivity contribution in [1.29, 1.82) is 5.26 Å². The quantitative estimate of drug-likeness (QED) is 0.624. The lowest BCUT2D eigenvalue weighted by Gasteiger charge is -2.04. The average molecular weight is 388 g/mol. The van der Waals surface area contributed by atoms with Crippen LogP contribution < -0.4 is 0 Å². The molecule has 0 fully saturated rings. The largest absolute Gasteiger partial charge is 0.236 e. The number of hydrogen-bond donors (Lipinski definition) is 0. The van der Waals surface area contributed by atoms with Crippen molar-refractivity contribution in [3.8, 4) is 11.8 Å². The van der Waals surface area contributed by atoms with E-state index in [1.165, 1.54) is 0 Å². The SMILES string of the molecule is CC(C)c1nn(-c2ccccc2C#N)c2nccc(I)c12. The lowest BCUT2D eigenvalue weighted by molar-refractivity contribution is 0.775. The number of nitriles is 1. The van der Waals surface area contributed by atoms with Gasteiger partial charge in [-0.05, 0) is 46.7 Å². The summed E-state index contributed by atoms with van der Waals surface area (Å²) in [7, 11) is 0. The second-order valence-electron chi connectivity index (χ2n) is 5.07. The Hall–Kier alpha value is -1.94. The number of pyridine rings is 1. The Morgan fingerprint density at radius 1 is 1.24 bits per heavy atom. The number of para-hydroxylation sites is 1. The van der Waals surface area contributed by atoms with Crippen LogP contribution in [0, 0.1) is 14.9 Å². The van der Waals surface area contributed by atoms with Crippen molar-refractivity contribution in [2.24, 2.45) is 0 Å². The third kappa shape index (κ3) is 2.29. The van der Waals surface area contributed by atoms with Crippen molar-refractivity contribution >= 4 is 33.6 Å². The van der Waals surface area contributed by atoms with Crippen LogP contribution in [0.2, 0.25) is 0 Å². The fourth-order valence-corrected chi connectivity index (χ4v) is 3.03. The summed E-state index contributed by atoms with van der Waals surface area (Å²) in [5, 5.41) is 15.1. The van der Waals surface area contributed by atoms with Gasteiger partial charge in [0.1, 0.15) is 6.07 Å². The molecule has 104 valence electrons. The molecule has 0 unspecified atom stereocenters. The van der Waals surface area contributed by atoms with E-state index < -0.39 is 0 Å². The number of fused-ring (bicyclic) bond motifs is 1. The van der Waals surface area contributed by atoms with E-state index >= 15 is 0 Å². The van der Waals surface area contributed by atoms with Crippen LogP contribution in [0.3, 0.4) is 0 Å². The van der Waals surface area contributed by atoms with Gasteiger partial charge in [0.2, 0.25) is 0 Å². The summed E-state index contributed by atoms with van der Waals surface area (Å²) >= 11 is 2.31. The Labute approximate surface area is 136 Å². The van der Waals surface area contributed by atoms with Gasteiger partial charge < -0.3 is 0 Å². The molecule has 0 N–H and O–H groups in total. The van der Waals surface area contributed by atoms with Crippen LogP contribution in [-0.2, 0) is 0 Å². The maximum Gasteiger partial charge on any atom is 0.164 e. The highest BCUT2D eigenvalue weighted by Gasteiger charge is 2.19. The highest BCUT2D eigenvalue weighted by molar-refractivity contribution is 14.1. The minimum atomic E-state index is 0.292. The molecule has 3 aromatic rings. The first-order chi connectivity index (χ1) is 10.1. The van der Waals surface area contributed by atoms with Crippen molar-refractivity contribution in [2.75, 3.05) is 0 Å². The summed E-state index contributed by atoms with van der Waals surface area (Å²) < 4.78 is 2.91. The van der Waals surface area contributed by atoms with Gasteiger partial charge in [-0.15, -0.1) is 0 Å². The number of hydrogen-bond acceptors (Lipinski definition) is 3. The number of benzene rings is 1. The molecule has 0 saturated heterocycles. The van der Waals surface area contributed by atoms with E-state index in [4.69, 9.17) is 5.10 Å². The van der Waals surface area contributed by atoms with Crippen molar-refractivity contribution in [2.45, 2.75) is 19.8 Å². The topological polar surface area (TPSA) is 54.5 Å². The Morgan fingerprint density at radius 3 is 2.71 bits per heavy atom. The number of nitrogens with zero attached hydrogens (tertiary/aromatic N) is 4. The summed E-state index contributed by atoms with van der Waals surface area (Å²) in [5.41, 5.74) is 3.17. The van der Waals surface area contributed by atoms with Gasteiger partial charge in [0.15, 0.2) is 5.65 Å². The molecule has 2 aromatic heterocycles. The third-order valence-corrected chi connectivity index (χ3v) is 4.24. The zero-order valence-electron chi connectivity index (χ0n) is 11.7. The third-order valence-electron chi connectivity index (χ3n) is 3.34. The van der Waals surface area contributed by atoms with Gasteiger partial charge >= 0.3 is 0 Å². The number of aromatic nitrogens is 3. The Bertz CT molecular complexity index is 858. The van der Waals surface area contributed by atoms with Gasteiger partial charge in [0.05, 0.1) is 22.3 Å². The van der Waals surface area contributed by atoms with Gasteiger partial charge in [-0.2, -0.15) is 10.4 Å². The molecular formula is C16H13IN4. The van der Waals surface area contributed by atoms with Crippen LogP contribution in [0.4, 0.5) is 0 Å². The second-order valence-corrected chi connectivity index (χ2v) is 6.23. The molecule has 1 aromatic carbocycles. The van der Waals surface area contributed by atoms with Gasteiger partial charge in [0.25, 0.3) is 0 Å². The molecule has 0 aliphatic carbocycles. The maximum atomic E-state index is 9.31. The highest BCUT2D eigenvalue weighted by Crippen LogP contribution is 2.30. The van der Waals surface area contributed by atoms with E-state index in [0.29, 0.717) is 11.5 Å². The summed E-state index contributed by atoms with van der Waals surface area (Å²) in [6, 6.07) is 11.7. The predicted molar refractivity (Wildman–Crippen MR) is 90.4 cm³/mol. The minimum absolute atomic E-state index is 0.292. The minimum Gasteiger partial charge on any atom is -0.236 e. The van der Waals surface area contributed by atoms with Crippen molar-refractivity contribution in [3.63, 3.8) is 0 Å². The fourth-order valence-electron chi connectivity index (χ4n) is 2.36. The van der Waals surface area contributed by atoms with Crippen LogP contribution in [0.1, 0.15) is 31.0 Å². The highest BCUT2D eigenvalue weighted by atomic mass is 127. The van der Waals surface area contributed by atoms with Crippen LogP contribution >= 0.6 is 22.6 Å². The fraction of sp³-hybridized carbons (Fsp3) is 0.188. The summed E-state index contributed by atoms with van der Waals surface area (Å²) in [5.74, 6) is 0.292. The molecule has 0 spiro atoms. The molecular weight excluding hydrogens is 375 g/mol. The Balaban J connectivity index is 2.40. The zero-order chi connectivity index (χ0) is 15.0. The molecule has 3 rings (SSSR count). The van der Waals surface area contributed by atoms with Crippen LogP contribution in [0.15, 0.2) is 36.5 Å². The average Bonchev–Trinajstić information content (AvgIpc) is 2.88. The van der Waals surface area contributed by atoms with Gasteiger partial charge in [0, 0.05) is 9.77 Å². The van der Waals surface area contributed by atoms with Crippen LogP contribution in [0.5, 0.6) is 0 Å². The first kappa shape index (κ1) is 14.0. The molecule has 0 aliphatic heterocycles. The molecule has 0 radical (unpaired) electrons. The zero-order valence-corrected chi connectivity index (χ0v) is 13.9. The van der Waals surface area contributed by atoms with Gasteiger partial charge in [-0.3, -0.25) is 0 Å². The van der Waals surface area contributed by atoms with Gasteiger partial charge in [-0.1, -0.05) is 26.0 Å². The molecule has 0 saturated carbocycles. The van der Waals surface area contributed by atoms with Crippen LogP contribution in [-0.4, -0.2) is 14.8 Å². The Kier molecular flexibility index (Phi) is 3.64. The first-order valence-corrected chi connectivity index (χ1v) is 7.74. The molecule has 0 aliphatic rings. The molecule has 21 heavy (non-hydrogen) atoms. The second kappa shape index (κ2) is 5.45. The standard InChI is InChI=1S/C16H13IN4/c1-10(2)15-14-12(17)7-8-19-16(14)21(20-15)13-6-4-3-5-11(13)9-18/h3-8,10H,1-2H3. The first-order valence-electron chi connectivity index (χ1n) is 6.66. The molecule has 5 heteroatoms. The molecule has 0 amide bonds. The van der Waals surface area contributed by atoms with Crippen molar-refractivity contribution < 1.29 is 0 Å². The maximum absolute atomic E-state index is 9.31. The molecule has 0 atom stereocenters. The van der Waals surface area contributed by atoms with Gasteiger partial charge in [-0.25, -0.2) is 9.67 Å². The smallest absolute Gasteiger partial charge is 0.164 e. The summed E-state index contributed by atoms with van der Waals surface area (Å²) in [6.07, 6.45) is 1.78. The van der Waals surface area contributed by atoms with E-state index in [1.807, 2.05) is 24.3 Å². The normalized spacial score (nSPS) is 11.0. The number of halogens is 1. The van der Waals surface area contributed by atoms with Crippen molar-refractivity contribution in [1.82, 2.24) is 14.8 Å². The number of rotatable bonds is 2. The molecule has 4 nitrogen and oxygen atoms in total. The van der Waals surface area contributed by atoms with Crippen LogP contribution in [0.25, 0.3) is 16.7 Å². The van der Waals surface area contributed by atoms with E-state index in [2.05, 4.69) is 47.5 Å².